The number of hydrogen-bond donors (Lipinski definition) is 1. The third-order valence-electron chi connectivity index (χ3n) is 5.58. The highest BCUT2D eigenvalue weighted by molar-refractivity contribution is 5.75. The summed E-state index contributed by atoms with van der Waals surface area (Å²) in [5.41, 5.74) is 0.757. The largest absolute Gasteiger partial charge is 0.493 e. The molecule has 1 N–H and O–H groups in total. The van der Waals surface area contributed by atoms with E-state index in [-0.39, 0.29) is 17.7 Å². The van der Waals surface area contributed by atoms with Gasteiger partial charge in [-0.15, -0.1) is 0 Å². The van der Waals surface area contributed by atoms with Gasteiger partial charge in [0.05, 0.1) is 46.1 Å². The summed E-state index contributed by atoms with van der Waals surface area (Å²) in [7, 11) is 4.74. The average Bonchev–Trinajstić information content (AvgIpc) is 3.13. The molecule has 0 unspecified atom stereocenters. The van der Waals surface area contributed by atoms with Crippen LogP contribution < -0.4 is 19.5 Å². The van der Waals surface area contributed by atoms with Crippen molar-refractivity contribution in [2.45, 2.75) is 44.2 Å². The third kappa shape index (κ3) is 4.08. The van der Waals surface area contributed by atoms with Crippen molar-refractivity contribution in [2.75, 3.05) is 41.0 Å². The Bertz CT molecular complexity index is 647. The van der Waals surface area contributed by atoms with E-state index in [4.69, 9.17) is 18.9 Å². The molecule has 1 aromatic carbocycles. The van der Waals surface area contributed by atoms with Crippen molar-refractivity contribution in [3.63, 3.8) is 0 Å². The lowest BCUT2D eigenvalue weighted by Gasteiger charge is -2.40. The Morgan fingerprint density at radius 2 is 1.78 bits per heavy atom. The lowest BCUT2D eigenvalue weighted by atomic mass is 10.00. The number of morpholine rings is 1. The number of ether oxygens (including phenoxy) is 4. The molecule has 0 bridgehead atoms. The number of carbonyl (C=O) groups excluding carboxylic acids is 1. The van der Waals surface area contributed by atoms with Crippen LogP contribution in [0.5, 0.6) is 17.2 Å². The number of nitrogens with one attached hydrogen (secondary N) is 1. The Labute approximate surface area is 160 Å². The first kappa shape index (κ1) is 19.6. The zero-order chi connectivity index (χ0) is 19.4. The van der Waals surface area contributed by atoms with Crippen molar-refractivity contribution in [3.8, 4) is 17.2 Å². The van der Waals surface area contributed by atoms with Gasteiger partial charge >= 0.3 is 6.03 Å². The lowest BCUT2D eigenvalue weighted by molar-refractivity contribution is -0.0927. The number of carbonyl (C=O) groups is 1. The van der Waals surface area contributed by atoms with E-state index in [0.717, 1.165) is 18.4 Å². The molecule has 1 atom stereocenters. The molecular formula is C20H30N2O5. The first-order chi connectivity index (χ1) is 13.0. The molecule has 7 nitrogen and oxygen atoms in total. The van der Waals surface area contributed by atoms with Crippen molar-refractivity contribution >= 4 is 6.03 Å². The van der Waals surface area contributed by atoms with E-state index in [1.54, 1.807) is 21.3 Å². The van der Waals surface area contributed by atoms with Gasteiger partial charge in [-0.25, -0.2) is 4.79 Å². The maximum absolute atomic E-state index is 12.8. The molecular weight excluding hydrogens is 348 g/mol. The number of benzene rings is 1. The fourth-order valence-corrected chi connectivity index (χ4v) is 4.05. The van der Waals surface area contributed by atoms with Crippen molar-refractivity contribution in [2.24, 2.45) is 0 Å². The first-order valence-electron chi connectivity index (χ1n) is 9.51. The van der Waals surface area contributed by atoms with Gasteiger partial charge in [-0.05, 0) is 37.5 Å². The highest BCUT2D eigenvalue weighted by Crippen LogP contribution is 2.40. The molecule has 1 saturated heterocycles. The van der Waals surface area contributed by atoms with Crippen molar-refractivity contribution < 1.29 is 23.7 Å². The third-order valence-corrected chi connectivity index (χ3v) is 5.58. The van der Waals surface area contributed by atoms with Gasteiger partial charge in [0.15, 0.2) is 11.5 Å². The summed E-state index contributed by atoms with van der Waals surface area (Å²) in [6.45, 7) is 3.84. The molecule has 2 aliphatic rings. The van der Waals surface area contributed by atoms with Crippen LogP contribution in [-0.2, 0) is 4.74 Å². The Kier molecular flexibility index (Phi) is 5.99. The van der Waals surface area contributed by atoms with Crippen molar-refractivity contribution in [1.82, 2.24) is 10.2 Å². The van der Waals surface area contributed by atoms with Gasteiger partial charge in [0, 0.05) is 6.54 Å². The molecule has 0 aromatic heterocycles. The number of methoxy groups -OCH3 is 3. The number of nitrogens with zero attached hydrogens (tertiary/aromatic N) is 1. The highest BCUT2D eigenvalue weighted by atomic mass is 16.5. The molecule has 3 rings (SSSR count). The van der Waals surface area contributed by atoms with Crippen LogP contribution in [0, 0.1) is 0 Å². The minimum Gasteiger partial charge on any atom is -0.493 e. The molecule has 27 heavy (non-hydrogen) atoms. The number of hydrogen-bond acceptors (Lipinski definition) is 5. The molecule has 150 valence electrons. The summed E-state index contributed by atoms with van der Waals surface area (Å²) in [4.78, 5) is 14.7. The average molecular weight is 378 g/mol. The zero-order valence-electron chi connectivity index (χ0n) is 16.7. The summed E-state index contributed by atoms with van der Waals surface area (Å²) < 4.78 is 22.2. The van der Waals surface area contributed by atoms with Crippen LogP contribution in [0.1, 0.15) is 44.2 Å². The number of urea groups is 1. The fourth-order valence-electron chi connectivity index (χ4n) is 4.05. The minimum atomic E-state index is -0.200. The van der Waals surface area contributed by atoms with Gasteiger partial charge in [0.2, 0.25) is 5.75 Å². The second kappa shape index (κ2) is 8.25. The van der Waals surface area contributed by atoms with Crippen LogP contribution in [0.25, 0.3) is 0 Å². The van der Waals surface area contributed by atoms with Gasteiger partial charge in [0.1, 0.15) is 0 Å². The smallest absolute Gasteiger partial charge is 0.318 e. The normalized spacial score (nSPS) is 19.6. The lowest BCUT2D eigenvalue weighted by Crippen LogP contribution is -2.55. The van der Waals surface area contributed by atoms with Gasteiger partial charge in [-0.1, -0.05) is 12.8 Å². The molecule has 2 amide bonds. The van der Waals surface area contributed by atoms with Crippen LogP contribution in [0.3, 0.4) is 0 Å². The summed E-state index contributed by atoms with van der Waals surface area (Å²) in [6, 6.07) is 3.47. The minimum absolute atomic E-state index is 0.0640. The molecule has 2 fully saturated rings. The summed E-state index contributed by atoms with van der Waals surface area (Å²) in [5, 5.41) is 3.09. The topological polar surface area (TPSA) is 69.3 Å². The predicted octanol–water partition coefficient (Wildman–Crippen LogP) is 3.13. The fraction of sp³-hybridized carbons (Fsp3) is 0.650. The molecule has 1 spiro atoms. The second-order valence-corrected chi connectivity index (χ2v) is 7.29. The molecule has 1 aromatic rings. The van der Waals surface area contributed by atoms with Gasteiger partial charge in [-0.2, -0.15) is 0 Å². The van der Waals surface area contributed by atoms with Crippen LogP contribution in [0.4, 0.5) is 4.79 Å². The maximum atomic E-state index is 12.8. The van der Waals surface area contributed by atoms with Crippen LogP contribution in [0.2, 0.25) is 0 Å². The zero-order valence-corrected chi connectivity index (χ0v) is 16.7. The SMILES string of the molecule is COc1cc([C@H](C)NC(=O)N2CCOC3(CCCC3)C2)cc(OC)c1OC. The molecule has 0 radical (unpaired) electrons. The van der Waals surface area contributed by atoms with Crippen LogP contribution in [0.15, 0.2) is 12.1 Å². The quantitative estimate of drug-likeness (QED) is 0.853. The molecule has 1 aliphatic carbocycles. The van der Waals surface area contributed by atoms with E-state index in [1.807, 2.05) is 24.0 Å². The Hall–Kier alpha value is -2.15. The van der Waals surface area contributed by atoms with Gasteiger partial charge in [-0.3, -0.25) is 0 Å². The van der Waals surface area contributed by atoms with Gasteiger partial charge in [0.25, 0.3) is 0 Å². The van der Waals surface area contributed by atoms with E-state index in [0.29, 0.717) is 36.9 Å². The monoisotopic (exact) mass is 378 g/mol. The van der Waals surface area contributed by atoms with Crippen molar-refractivity contribution in [1.29, 1.82) is 0 Å². The van der Waals surface area contributed by atoms with E-state index >= 15 is 0 Å². The molecule has 1 saturated carbocycles. The summed E-state index contributed by atoms with van der Waals surface area (Å²) in [6.07, 6.45) is 4.44. The van der Waals surface area contributed by atoms with E-state index in [2.05, 4.69) is 5.32 Å². The van der Waals surface area contributed by atoms with Crippen LogP contribution in [-0.4, -0.2) is 57.6 Å². The second-order valence-electron chi connectivity index (χ2n) is 7.29. The molecule has 1 heterocycles. The first-order valence-corrected chi connectivity index (χ1v) is 9.51. The molecule has 1 aliphatic heterocycles. The van der Waals surface area contributed by atoms with Gasteiger partial charge < -0.3 is 29.2 Å². The van der Waals surface area contributed by atoms with E-state index in [1.165, 1.54) is 12.8 Å². The Morgan fingerprint density at radius 1 is 1.15 bits per heavy atom. The van der Waals surface area contributed by atoms with Crippen molar-refractivity contribution in [3.05, 3.63) is 17.7 Å². The molecule has 7 heteroatoms. The predicted molar refractivity (Wildman–Crippen MR) is 102 cm³/mol. The van der Waals surface area contributed by atoms with E-state index < -0.39 is 0 Å². The Balaban J connectivity index is 1.71. The number of rotatable bonds is 5. The summed E-state index contributed by atoms with van der Waals surface area (Å²) in [5.74, 6) is 1.69. The Morgan fingerprint density at radius 3 is 2.33 bits per heavy atom. The standard InChI is InChI=1S/C20H30N2O5/c1-14(15-11-16(24-2)18(26-4)17(12-15)25-3)21-19(23)22-9-10-27-20(13-22)7-5-6-8-20/h11-12,14H,5-10,13H2,1-4H3,(H,21,23)/t14-/m0/s1. The van der Waals surface area contributed by atoms with Crippen LogP contribution >= 0.6 is 0 Å². The summed E-state index contributed by atoms with van der Waals surface area (Å²) >= 11 is 0. The maximum Gasteiger partial charge on any atom is 0.318 e. The highest BCUT2D eigenvalue weighted by Gasteiger charge is 2.40. The number of amides is 2. The van der Waals surface area contributed by atoms with E-state index in [9.17, 15) is 4.79 Å².